The second-order valence-electron chi connectivity index (χ2n) is 6.53. The summed E-state index contributed by atoms with van der Waals surface area (Å²) in [6, 6.07) is 4.33. The third-order valence-corrected chi connectivity index (χ3v) is 5.20. The van der Waals surface area contributed by atoms with E-state index in [0.717, 1.165) is 6.42 Å². The molecule has 1 atom stereocenters. The molecule has 1 N–H and O–H groups in total. The van der Waals surface area contributed by atoms with E-state index in [-0.39, 0.29) is 18.0 Å². The van der Waals surface area contributed by atoms with Gasteiger partial charge in [0.05, 0.1) is 12.1 Å². The fourth-order valence-corrected chi connectivity index (χ4v) is 3.57. The molecule has 1 fully saturated rings. The molecule has 0 unspecified atom stereocenters. The van der Waals surface area contributed by atoms with Crippen molar-refractivity contribution in [3.63, 3.8) is 0 Å². The van der Waals surface area contributed by atoms with Gasteiger partial charge in [0.25, 0.3) is 5.91 Å². The molecule has 1 aromatic heterocycles. The average Bonchev–Trinajstić information content (AvgIpc) is 3.26. The van der Waals surface area contributed by atoms with Crippen LogP contribution < -0.4 is 10.2 Å². The quantitative estimate of drug-likeness (QED) is 0.747. The summed E-state index contributed by atoms with van der Waals surface area (Å²) in [5.41, 5.74) is 1.24. The number of carbonyl (C=O) groups is 3. The zero-order valence-corrected chi connectivity index (χ0v) is 16.3. The maximum atomic E-state index is 13.6. The van der Waals surface area contributed by atoms with Gasteiger partial charge in [-0.15, -0.1) is 11.3 Å². The number of halogens is 1. The molecule has 3 rings (SSSR count). The summed E-state index contributed by atoms with van der Waals surface area (Å²) in [5, 5.41) is 4.77. The van der Waals surface area contributed by atoms with Gasteiger partial charge in [-0.2, -0.15) is 0 Å². The number of hydrogen-bond donors (Lipinski definition) is 1. The average molecular weight is 405 g/mol. The lowest BCUT2D eigenvalue weighted by molar-refractivity contribution is -0.152. The molecule has 1 aliphatic rings. The topological polar surface area (TPSA) is 88.6 Å². The summed E-state index contributed by atoms with van der Waals surface area (Å²) in [6.45, 7) is 3.69. The van der Waals surface area contributed by atoms with Gasteiger partial charge in [-0.3, -0.25) is 19.3 Å². The highest BCUT2D eigenvalue weighted by Gasteiger charge is 2.25. The summed E-state index contributed by atoms with van der Waals surface area (Å²) >= 11 is 1.29. The minimum Gasteiger partial charge on any atom is -0.452 e. The number of hydrogen-bond acceptors (Lipinski definition) is 6. The Morgan fingerprint density at radius 1 is 1.43 bits per heavy atom. The highest BCUT2D eigenvalue weighted by Crippen LogP contribution is 2.25. The summed E-state index contributed by atoms with van der Waals surface area (Å²) < 4.78 is 18.7. The van der Waals surface area contributed by atoms with Crippen molar-refractivity contribution >= 4 is 39.9 Å². The molecule has 0 aliphatic carbocycles. The summed E-state index contributed by atoms with van der Waals surface area (Å²) in [5.74, 6) is -1.57. The van der Waals surface area contributed by atoms with Crippen LogP contribution in [0.25, 0.3) is 0 Å². The van der Waals surface area contributed by atoms with E-state index < -0.39 is 23.8 Å². The lowest BCUT2D eigenvalue weighted by atomic mass is 10.2. The first-order valence-corrected chi connectivity index (χ1v) is 9.72. The Labute approximate surface area is 165 Å². The lowest BCUT2D eigenvalue weighted by Gasteiger charge is -2.13. The molecule has 9 heteroatoms. The number of thiazole rings is 1. The monoisotopic (exact) mass is 405 g/mol. The third kappa shape index (κ3) is 4.72. The predicted molar refractivity (Wildman–Crippen MR) is 103 cm³/mol. The van der Waals surface area contributed by atoms with Crippen LogP contribution in [0.1, 0.15) is 31.0 Å². The number of carbonyl (C=O) groups excluding carboxylic acids is 3. The van der Waals surface area contributed by atoms with Crippen molar-refractivity contribution in [2.75, 3.05) is 16.8 Å². The molecule has 7 nitrogen and oxygen atoms in total. The smallest absolute Gasteiger partial charge is 0.312 e. The number of benzene rings is 1. The maximum absolute atomic E-state index is 13.6. The van der Waals surface area contributed by atoms with E-state index in [1.54, 1.807) is 29.3 Å². The van der Waals surface area contributed by atoms with E-state index in [0.29, 0.717) is 29.4 Å². The Kier molecular flexibility index (Phi) is 6.03. The summed E-state index contributed by atoms with van der Waals surface area (Å²) in [4.78, 5) is 41.9. The number of nitrogens with zero attached hydrogens (tertiary/aromatic N) is 2. The Balaban J connectivity index is 1.52. The Bertz CT molecular complexity index is 914. The van der Waals surface area contributed by atoms with Gasteiger partial charge >= 0.3 is 5.97 Å². The highest BCUT2D eigenvalue weighted by molar-refractivity contribution is 7.14. The molecule has 0 spiro atoms. The van der Waals surface area contributed by atoms with E-state index in [9.17, 15) is 18.8 Å². The summed E-state index contributed by atoms with van der Waals surface area (Å²) in [6.07, 6.45) is 0.159. The van der Waals surface area contributed by atoms with Crippen LogP contribution in [0.5, 0.6) is 0 Å². The van der Waals surface area contributed by atoms with Gasteiger partial charge in [-0.05, 0) is 38.0 Å². The van der Waals surface area contributed by atoms with Crippen LogP contribution in [0.15, 0.2) is 23.6 Å². The van der Waals surface area contributed by atoms with E-state index in [4.69, 9.17) is 4.74 Å². The van der Waals surface area contributed by atoms with Gasteiger partial charge in [0.15, 0.2) is 11.2 Å². The summed E-state index contributed by atoms with van der Waals surface area (Å²) in [7, 11) is 0. The Morgan fingerprint density at radius 3 is 2.89 bits per heavy atom. The van der Waals surface area contributed by atoms with Crippen molar-refractivity contribution in [3.8, 4) is 0 Å². The largest absolute Gasteiger partial charge is 0.452 e. The Hall–Kier alpha value is -2.81. The molecular formula is C19H20FN3O4S. The number of ether oxygens (including phenoxy) is 1. The van der Waals surface area contributed by atoms with Crippen molar-refractivity contribution in [3.05, 3.63) is 40.7 Å². The molecule has 2 heterocycles. The minimum absolute atomic E-state index is 0.0290. The number of nitrogens with one attached hydrogen (secondary N) is 1. The number of aromatic nitrogens is 1. The van der Waals surface area contributed by atoms with Crippen LogP contribution >= 0.6 is 11.3 Å². The fraction of sp³-hybridized carbons (Fsp3) is 0.368. The van der Waals surface area contributed by atoms with Crippen LogP contribution in [-0.4, -0.2) is 35.4 Å². The number of anilines is 2. The van der Waals surface area contributed by atoms with Crippen molar-refractivity contribution < 1.29 is 23.5 Å². The molecule has 2 aromatic rings. The highest BCUT2D eigenvalue weighted by atomic mass is 32.1. The van der Waals surface area contributed by atoms with Crippen LogP contribution in [0.4, 0.5) is 15.2 Å². The number of esters is 1. The first-order chi connectivity index (χ1) is 13.3. The van der Waals surface area contributed by atoms with Gasteiger partial charge in [0, 0.05) is 24.0 Å². The second kappa shape index (κ2) is 8.47. The molecule has 0 saturated carbocycles. The second-order valence-corrected chi connectivity index (χ2v) is 7.37. The zero-order valence-electron chi connectivity index (χ0n) is 15.5. The van der Waals surface area contributed by atoms with E-state index in [2.05, 4.69) is 10.3 Å². The van der Waals surface area contributed by atoms with Gasteiger partial charge < -0.3 is 10.1 Å². The first kappa shape index (κ1) is 19.9. The standard InChI is InChI=1S/C19H20FN3O4S/c1-11-5-6-13(8-15(11)20)21-18(26)12(2)27-17(25)9-14-10-28-19(22-14)23-7-3-4-16(23)24/h5-6,8,10,12H,3-4,7,9H2,1-2H3,(H,21,26)/t12-/m0/s1. The van der Waals surface area contributed by atoms with Gasteiger partial charge in [-0.25, -0.2) is 9.37 Å². The van der Waals surface area contributed by atoms with Gasteiger partial charge in [0.1, 0.15) is 5.82 Å². The van der Waals surface area contributed by atoms with Crippen LogP contribution in [0.3, 0.4) is 0 Å². The first-order valence-electron chi connectivity index (χ1n) is 8.85. The molecule has 1 saturated heterocycles. The van der Waals surface area contributed by atoms with Gasteiger partial charge in [0.2, 0.25) is 5.91 Å². The van der Waals surface area contributed by atoms with Gasteiger partial charge in [-0.1, -0.05) is 6.07 Å². The molecule has 28 heavy (non-hydrogen) atoms. The fourth-order valence-electron chi connectivity index (χ4n) is 2.71. The molecule has 0 bridgehead atoms. The molecule has 0 radical (unpaired) electrons. The number of amides is 2. The van der Waals surface area contributed by atoms with Crippen LogP contribution in [0, 0.1) is 12.7 Å². The van der Waals surface area contributed by atoms with Crippen LogP contribution in [-0.2, 0) is 25.5 Å². The van der Waals surface area contributed by atoms with E-state index in [1.807, 2.05) is 0 Å². The number of aryl methyl sites for hydroxylation is 1. The van der Waals surface area contributed by atoms with E-state index >= 15 is 0 Å². The zero-order chi connectivity index (χ0) is 20.3. The SMILES string of the molecule is Cc1ccc(NC(=O)[C@H](C)OC(=O)Cc2csc(N3CCCC3=O)n2)cc1F. The van der Waals surface area contributed by atoms with Crippen molar-refractivity contribution in [2.45, 2.75) is 39.2 Å². The van der Waals surface area contributed by atoms with Crippen LogP contribution in [0.2, 0.25) is 0 Å². The molecule has 1 aliphatic heterocycles. The maximum Gasteiger partial charge on any atom is 0.312 e. The molecular weight excluding hydrogens is 385 g/mol. The minimum atomic E-state index is -1.05. The number of rotatable bonds is 6. The third-order valence-electron chi connectivity index (χ3n) is 4.29. The Morgan fingerprint density at radius 2 is 2.21 bits per heavy atom. The van der Waals surface area contributed by atoms with E-state index in [1.165, 1.54) is 24.3 Å². The van der Waals surface area contributed by atoms with Crippen molar-refractivity contribution in [2.24, 2.45) is 0 Å². The van der Waals surface area contributed by atoms with Crippen molar-refractivity contribution in [1.82, 2.24) is 4.98 Å². The van der Waals surface area contributed by atoms with Crippen molar-refractivity contribution in [1.29, 1.82) is 0 Å². The predicted octanol–water partition coefficient (Wildman–Crippen LogP) is 2.83. The lowest BCUT2D eigenvalue weighted by Crippen LogP contribution is -2.30. The normalized spacial score (nSPS) is 14.8. The molecule has 148 valence electrons. The molecule has 1 aromatic carbocycles. The molecule has 2 amide bonds.